The molecule has 1 saturated heterocycles. The lowest BCUT2D eigenvalue weighted by Gasteiger charge is -2.24. The molecule has 4 heteroatoms. The Kier molecular flexibility index (Phi) is 4.19. The molecule has 2 aromatic carbocycles. The summed E-state index contributed by atoms with van der Waals surface area (Å²) in [5, 5.41) is 0. The maximum absolute atomic E-state index is 13.2. The molecule has 2 atom stereocenters. The molecule has 1 aliphatic heterocycles. The number of rotatable bonds is 4. The first-order valence-electron chi connectivity index (χ1n) is 8.84. The summed E-state index contributed by atoms with van der Waals surface area (Å²) in [7, 11) is -3.62. The van der Waals surface area contributed by atoms with Gasteiger partial charge in [-0.3, -0.25) is 0 Å². The van der Waals surface area contributed by atoms with Crippen LogP contribution in [-0.4, -0.2) is 25.3 Å². The zero-order valence-electron chi connectivity index (χ0n) is 15.4. The van der Waals surface area contributed by atoms with Gasteiger partial charge in [-0.15, -0.1) is 0 Å². The van der Waals surface area contributed by atoms with Crippen LogP contribution in [0.4, 0.5) is 0 Å². The molecular weight excluding hydrogens is 318 g/mol. The number of nitrogens with zero attached hydrogens (tertiary/aromatic N) is 1. The summed E-state index contributed by atoms with van der Waals surface area (Å²) in [5.41, 5.74) is 1.74. The molecule has 0 N–H and O–H groups in total. The molecule has 1 aliphatic rings. The van der Waals surface area contributed by atoms with Gasteiger partial charge in [-0.1, -0.05) is 61.9 Å². The van der Waals surface area contributed by atoms with Crippen molar-refractivity contribution in [3.8, 4) is 0 Å². The van der Waals surface area contributed by atoms with E-state index >= 15 is 0 Å². The van der Waals surface area contributed by atoms with Crippen molar-refractivity contribution in [2.75, 3.05) is 6.54 Å². The lowest BCUT2D eigenvalue weighted by atomic mass is 9.89. The number of hydrogen-bond donors (Lipinski definition) is 0. The van der Waals surface area contributed by atoms with Crippen LogP contribution in [0.25, 0.3) is 0 Å². The molecular formula is C20H25NO2S. The molecule has 0 aliphatic carbocycles. The van der Waals surface area contributed by atoms with Crippen LogP contribution in [0.3, 0.4) is 0 Å². The highest BCUT2D eigenvalue weighted by molar-refractivity contribution is 7.89. The van der Waals surface area contributed by atoms with Gasteiger partial charge in [0.15, 0.2) is 0 Å². The maximum Gasteiger partial charge on any atom is 0.243 e. The fourth-order valence-corrected chi connectivity index (χ4v) is 5.07. The van der Waals surface area contributed by atoms with Gasteiger partial charge in [-0.25, -0.2) is 8.42 Å². The smallest absolute Gasteiger partial charge is 0.207 e. The Balaban J connectivity index is 1.98. The Morgan fingerprint density at radius 3 is 2.38 bits per heavy atom. The van der Waals surface area contributed by atoms with Gasteiger partial charge in [0.2, 0.25) is 10.0 Å². The van der Waals surface area contributed by atoms with Gasteiger partial charge in [-0.2, -0.15) is 4.31 Å². The van der Waals surface area contributed by atoms with E-state index in [-0.39, 0.29) is 11.5 Å². The molecule has 1 fully saturated rings. The van der Waals surface area contributed by atoms with Gasteiger partial charge in [0.05, 0.1) is 4.90 Å². The normalized spacial score (nSPS) is 23.0. The first kappa shape index (κ1) is 15.9. The number of aryl methyl sites for hydroxylation is 1. The number of benzene rings is 2. The lowest BCUT2D eigenvalue weighted by Crippen LogP contribution is -2.37. The minimum atomic E-state index is -3.62. The highest BCUT2D eigenvalue weighted by Gasteiger charge is 2.43. The van der Waals surface area contributed by atoms with Crippen LogP contribution in [0.2, 0.25) is 0 Å². The molecule has 128 valence electrons. The maximum atomic E-state index is 13.2. The monoisotopic (exact) mass is 344 g/mol. The minimum absolute atomic E-state index is 0.142. The van der Waals surface area contributed by atoms with E-state index in [2.05, 4.69) is 13.8 Å². The average Bonchev–Trinajstić information content (AvgIpc) is 2.92. The first-order chi connectivity index (χ1) is 11.7. The predicted molar refractivity (Wildman–Crippen MR) is 97.4 cm³/mol. The van der Waals surface area contributed by atoms with E-state index < -0.39 is 16.4 Å². The van der Waals surface area contributed by atoms with Gasteiger partial charge < -0.3 is 0 Å². The third-order valence-electron chi connectivity index (χ3n) is 4.53. The first-order valence-corrected chi connectivity index (χ1v) is 9.70. The second-order valence-electron chi connectivity index (χ2n) is 7.38. The van der Waals surface area contributed by atoms with Crippen molar-refractivity contribution >= 4 is 10.0 Å². The zero-order chi connectivity index (χ0) is 18.2. The van der Waals surface area contributed by atoms with Crippen molar-refractivity contribution < 1.29 is 9.79 Å². The molecule has 0 spiro atoms. The third-order valence-corrected chi connectivity index (χ3v) is 6.41. The summed E-state index contributed by atoms with van der Waals surface area (Å²) < 4.78 is 36.7. The summed E-state index contributed by atoms with van der Waals surface area (Å²) >= 11 is 0. The molecule has 0 amide bonds. The van der Waals surface area contributed by atoms with Crippen LogP contribution in [0, 0.1) is 12.3 Å². The molecule has 1 heterocycles. The molecule has 2 aromatic rings. The van der Waals surface area contributed by atoms with E-state index in [9.17, 15) is 8.42 Å². The van der Waals surface area contributed by atoms with Gasteiger partial charge in [0, 0.05) is 14.0 Å². The van der Waals surface area contributed by atoms with E-state index in [4.69, 9.17) is 1.37 Å². The van der Waals surface area contributed by atoms with Crippen molar-refractivity contribution in [2.24, 2.45) is 5.41 Å². The fraction of sp³-hybridized carbons (Fsp3) is 0.400. The summed E-state index contributed by atoms with van der Waals surface area (Å²) in [5.74, 6) is 0. The van der Waals surface area contributed by atoms with Gasteiger partial charge in [-0.05, 0) is 42.9 Å². The molecule has 3 rings (SSSR count). The number of hydrogen-bond acceptors (Lipinski definition) is 2. The van der Waals surface area contributed by atoms with E-state index in [1.54, 1.807) is 16.4 Å². The third kappa shape index (κ3) is 3.55. The van der Waals surface area contributed by atoms with Crippen molar-refractivity contribution in [3.05, 3.63) is 65.7 Å². The molecule has 0 saturated carbocycles. The fourth-order valence-electron chi connectivity index (χ4n) is 3.31. The van der Waals surface area contributed by atoms with Gasteiger partial charge in [0.25, 0.3) is 0 Å². The topological polar surface area (TPSA) is 37.4 Å². The Labute approximate surface area is 146 Å². The van der Waals surface area contributed by atoms with E-state index in [1.807, 2.05) is 49.4 Å². The molecule has 0 unspecified atom stereocenters. The summed E-state index contributed by atoms with van der Waals surface area (Å²) in [4.78, 5) is 0.307. The Bertz CT molecular complexity index is 832. The van der Waals surface area contributed by atoms with Crippen LogP contribution in [0.15, 0.2) is 59.5 Å². The van der Waals surface area contributed by atoms with E-state index in [1.165, 1.54) is 0 Å². The Morgan fingerprint density at radius 1 is 1.12 bits per heavy atom. The number of sulfonamides is 1. The summed E-state index contributed by atoms with van der Waals surface area (Å²) in [6.45, 7) is 6.52. The van der Waals surface area contributed by atoms with E-state index in [0.29, 0.717) is 17.9 Å². The summed E-state index contributed by atoms with van der Waals surface area (Å²) in [6.07, 6.45) is 0.0874. The van der Waals surface area contributed by atoms with Crippen LogP contribution >= 0.6 is 0 Å². The quantitative estimate of drug-likeness (QED) is 0.840. The Morgan fingerprint density at radius 2 is 1.75 bits per heavy atom. The molecule has 0 radical (unpaired) electrons. The van der Waals surface area contributed by atoms with Gasteiger partial charge >= 0.3 is 0 Å². The van der Waals surface area contributed by atoms with E-state index in [0.717, 1.165) is 11.1 Å². The van der Waals surface area contributed by atoms with Crippen LogP contribution in [-0.2, 0) is 16.4 Å². The average molecular weight is 344 g/mol. The molecule has 3 nitrogen and oxygen atoms in total. The largest absolute Gasteiger partial charge is 0.243 e. The van der Waals surface area contributed by atoms with Crippen LogP contribution in [0.5, 0.6) is 0 Å². The molecule has 24 heavy (non-hydrogen) atoms. The lowest BCUT2D eigenvalue weighted by molar-refractivity contribution is 0.366. The second kappa shape index (κ2) is 6.34. The highest BCUT2D eigenvalue weighted by Crippen LogP contribution is 2.38. The second-order valence-corrected chi connectivity index (χ2v) is 9.27. The highest BCUT2D eigenvalue weighted by atomic mass is 32.2. The molecule has 0 aromatic heterocycles. The minimum Gasteiger partial charge on any atom is -0.207 e. The SMILES string of the molecule is [2H][C@@H](c1ccccc1)[C@H]1CC(C)(C)CN1S(=O)(=O)c1ccc(C)cc1. The van der Waals surface area contributed by atoms with Crippen LogP contribution in [0.1, 0.15) is 32.8 Å². The summed E-state index contributed by atoms with van der Waals surface area (Å²) in [6, 6.07) is 16.1. The van der Waals surface area contributed by atoms with Crippen molar-refractivity contribution in [2.45, 2.75) is 44.5 Å². The zero-order valence-corrected chi connectivity index (χ0v) is 15.3. The standard InChI is InChI=1S/C20H25NO2S/c1-16-9-11-19(12-10-16)24(22,23)21-15-20(2,3)14-18(21)13-17-7-5-4-6-8-17/h4-12,18H,13-15H2,1-3H3/t18-/m0/s1/i13D/t13-,18-. The van der Waals surface area contributed by atoms with Crippen molar-refractivity contribution in [3.63, 3.8) is 0 Å². The van der Waals surface area contributed by atoms with Crippen LogP contribution < -0.4 is 0 Å². The molecule has 0 bridgehead atoms. The predicted octanol–water partition coefficient (Wildman–Crippen LogP) is 4.03. The van der Waals surface area contributed by atoms with Crippen molar-refractivity contribution in [1.29, 1.82) is 0 Å². The van der Waals surface area contributed by atoms with Crippen molar-refractivity contribution in [1.82, 2.24) is 4.31 Å². The Hall–Kier alpha value is -1.65. The van der Waals surface area contributed by atoms with Gasteiger partial charge in [0.1, 0.15) is 0 Å².